The average molecular weight is 306 g/mol. The van der Waals surface area contributed by atoms with Crippen molar-refractivity contribution in [2.24, 2.45) is 11.8 Å². The number of hydrogen-bond donors (Lipinski definition) is 2. The molecule has 1 saturated heterocycles. The molecular weight excluding hydrogens is 284 g/mol. The van der Waals surface area contributed by atoms with Gasteiger partial charge in [-0.15, -0.1) is 0 Å². The third-order valence-corrected chi connectivity index (χ3v) is 5.34. The number of nitrogens with one attached hydrogen (secondary N) is 1. The van der Waals surface area contributed by atoms with Gasteiger partial charge in [-0.1, -0.05) is 0 Å². The molecule has 0 aromatic carbocycles. The van der Waals surface area contributed by atoms with Crippen molar-refractivity contribution < 1.29 is 23.1 Å². The van der Waals surface area contributed by atoms with Gasteiger partial charge in [0.2, 0.25) is 0 Å². The fraction of sp³-hybridized carbons (Fsp3) is 0.917. The quantitative estimate of drug-likeness (QED) is 0.618. The van der Waals surface area contributed by atoms with Crippen molar-refractivity contribution in [3.05, 3.63) is 0 Å². The van der Waals surface area contributed by atoms with Crippen LogP contribution in [0.2, 0.25) is 0 Å². The molecule has 1 saturated carbocycles. The van der Waals surface area contributed by atoms with Gasteiger partial charge in [0.1, 0.15) is 0 Å². The summed E-state index contributed by atoms with van der Waals surface area (Å²) >= 11 is 0. The van der Waals surface area contributed by atoms with Gasteiger partial charge in [-0.25, -0.2) is 0 Å². The van der Waals surface area contributed by atoms with E-state index < -0.39 is 22.1 Å². The summed E-state index contributed by atoms with van der Waals surface area (Å²) < 4.78 is 33.1. The van der Waals surface area contributed by atoms with E-state index in [9.17, 15) is 13.2 Å². The van der Waals surface area contributed by atoms with Crippen LogP contribution >= 0.6 is 0 Å². The molecule has 7 nitrogen and oxygen atoms in total. The fourth-order valence-electron chi connectivity index (χ4n) is 2.21. The predicted octanol–water partition coefficient (Wildman–Crippen LogP) is 0.0440. The minimum Gasteiger partial charge on any atom is -0.481 e. The highest BCUT2D eigenvalue weighted by Gasteiger charge is 2.30. The van der Waals surface area contributed by atoms with E-state index in [0.29, 0.717) is 32.0 Å². The predicted molar refractivity (Wildman–Crippen MR) is 72.4 cm³/mol. The molecule has 116 valence electrons. The maximum absolute atomic E-state index is 12.0. The van der Waals surface area contributed by atoms with E-state index in [-0.39, 0.29) is 19.6 Å². The maximum Gasteiger partial charge on any atom is 0.306 e. The smallest absolute Gasteiger partial charge is 0.306 e. The lowest BCUT2D eigenvalue weighted by Crippen LogP contribution is -2.46. The van der Waals surface area contributed by atoms with Crippen molar-refractivity contribution in [1.82, 2.24) is 9.03 Å². The van der Waals surface area contributed by atoms with E-state index in [1.807, 2.05) is 0 Å². The number of piperidine rings is 1. The molecule has 8 heteroatoms. The zero-order valence-corrected chi connectivity index (χ0v) is 12.3. The number of carbonyl (C=O) groups is 1. The van der Waals surface area contributed by atoms with Gasteiger partial charge in [0.15, 0.2) is 0 Å². The van der Waals surface area contributed by atoms with Gasteiger partial charge in [0.25, 0.3) is 10.2 Å². The summed E-state index contributed by atoms with van der Waals surface area (Å²) in [5.41, 5.74) is 0. The van der Waals surface area contributed by atoms with Gasteiger partial charge in [0.05, 0.1) is 12.5 Å². The Morgan fingerprint density at radius 3 is 2.45 bits per heavy atom. The van der Waals surface area contributed by atoms with Gasteiger partial charge in [-0.05, 0) is 31.6 Å². The molecule has 0 spiro atoms. The number of carboxylic acid groups (broad SMARTS) is 1. The first-order valence-corrected chi connectivity index (χ1v) is 8.48. The van der Waals surface area contributed by atoms with Crippen LogP contribution in [0.1, 0.15) is 25.7 Å². The normalized spacial score (nSPS) is 22.0. The van der Waals surface area contributed by atoms with Crippen LogP contribution in [-0.2, 0) is 19.7 Å². The number of carboxylic acids is 1. The van der Waals surface area contributed by atoms with Crippen molar-refractivity contribution in [3.63, 3.8) is 0 Å². The molecule has 0 aromatic rings. The van der Waals surface area contributed by atoms with Crippen LogP contribution < -0.4 is 4.72 Å². The third kappa shape index (κ3) is 4.69. The number of nitrogens with zero attached hydrogens (tertiary/aromatic N) is 1. The molecule has 2 rings (SSSR count). The number of aliphatic carboxylic acids is 1. The maximum atomic E-state index is 12.0. The van der Waals surface area contributed by atoms with Crippen molar-refractivity contribution in [1.29, 1.82) is 0 Å². The number of hydrogen-bond acceptors (Lipinski definition) is 4. The van der Waals surface area contributed by atoms with Gasteiger partial charge >= 0.3 is 5.97 Å². The summed E-state index contributed by atoms with van der Waals surface area (Å²) in [5, 5.41) is 8.88. The molecule has 20 heavy (non-hydrogen) atoms. The van der Waals surface area contributed by atoms with Crippen LogP contribution in [0.4, 0.5) is 0 Å². The van der Waals surface area contributed by atoms with Crippen LogP contribution in [0.15, 0.2) is 0 Å². The standard InChI is InChI=1S/C12H22N2O5S/c15-12(16)11-3-6-14(7-4-11)20(17,18)13-5-8-19-9-10-1-2-10/h10-11,13H,1-9H2,(H,15,16). The molecule has 0 bridgehead atoms. The Balaban J connectivity index is 1.66. The molecule has 0 amide bonds. The Bertz CT molecular complexity index is 427. The second-order valence-electron chi connectivity index (χ2n) is 5.43. The average Bonchev–Trinajstić information content (AvgIpc) is 3.22. The molecule has 0 radical (unpaired) electrons. The van der Waals surface area contributed by atoms with Crippen LogP contribution in [0.5, 0.6) is 0 Å². The summed E-state index contributed by atoms with van der Waals surface area (Å²) in [6.07, 6.45) is 3.16. The largest absolute Gasteiger partial charge is 0.481 e. The molecule has 1 aliphatic carbocycles. The molecule has 2 aliphatic rings. The van der Waals surface area contributed by atoms with Crippen molar-refractivity contribution >= 4 is 16.2 Å². The summed E-state index contributed by atoms with van der Waals surface area (Å²) in [6.45, 7) is 1.87. The monoisotopic (exact) mass is 306 g/mol. The molecule has 0 aromatic heterocycles. The molecule has 1 aliphatic heterocycles. The summed E-state index contributed by atoms with van der Waals surface area (Å²) in [7, 11) is -3.51. The highest BCUT2D eigenvalue weighted by Crippen LogP contribution is 2.28. The lowest BCUT2D eigenvalue weighted by Gasteiger charge is -2.29. The third-order valence-electron chi connectivity index (χ3n) is 3.72. The second-order valence-corrected chi connectivity index (χ2v) is 7.18. The Kier molecular flexibility index (Phi) is 5.36. The van der Waals surface area contributed by atoms with Gasteiger partial charge in [0, 0.05) is 26.2 Å². The topological polar surface area (TPSA) is 95.9 Å². The highest BCUT2D eigenvalue weighted by atomic mass is 32.2. The van der Waals surface area contributed by atoms with Crippen molar-refractivity contribution in [3.8, 4) is 0 Å². The van der Waals surface area contributed by atoms with E-state index in [4.69, 9.17) is 9.84 Å². The van der Waals surface area contributed by atoms with Crippen molar-refractivity contribution in [2.45, 2.75) is 25.7 Å². The Hall–Kier alpha value is -0.700. The highest BCUT2D eigenvalue weighted by molar-refractivity contribution is 7.87. The van der Waals surface area contributed by atoms with Crippen LogP contribution in [0.3, 0.4) is 0 Å². The van der Waals surface area contributed by atoms with Crippen LogP contribution in [0, 0.1) is 11.8 Å². The zero-order valence-electron chi connectivity index (χ0n) is 11.5. The molecule has 0 atom stereocenters. The molecule has 0 unspecified atom stereocenters. The lowest BCUT2D eigenvalue weighted by molar-refractivity contribution is -0.142. The summed E-state index contributed by atoms with van der Waals surface area (Å²) in [4.78, 5) is 10.8. The number of rotatable bonds is 8. The van der Waals surface area contributed by atoms with Crippen LogP contribution in [-0.4, -0.2) is 56.6 Å². The SMILES string of the molecule is O=C(O)C1CCN(S(=O)(=O)NCCOCC2CC2)CC1. The Morgan fingerprint density at radius 2 is 1.90 bits per heavy atom. The minimum absolute atomic E-state index is 0.258. The van der Waals surface area contributed by atoms with Crippen molar-refractivity contribution in [2.75, 3.05) is 32.8 Å². The lowest BCUT2D eigenvalue weighted by atomic mass is 9.99. The van der Waals surface area contributed by atoms with Gasteiger partial charge < -0.3 is 9.84 Å². The van der Waals surface area contributed by atoms with Gasteiger partial charge in [-0.2, -0.15) is 17.4 Å². The Morgan fingerprint density at radius 1 is 1.25 bits per heavy atom. The van der Waals surface area contributed by atoms with E-state index >= 15 is 0 Å². The van der Waals surface area contributed by atoms with E-state index in [1.165, 1.54) is 17.1 Å². The van der Waals surface area contributed by atoms with E-state index in [2.05, 4.69) is 4.72 Å². The second kappa shape index (κ2) is 6.84. The van der Waals surface area contributed by atoms with Gasteiger partial charge in [-0.3, -0.25) is 4.79 Å². The molecule has 2 fully saturated rings. The van der Waals surface area contributed by atoms with E-state index in [1.54, 1.807) is 0 Å². The first kappa shape index (κ1) is 15.7. The summed E-state index contributed by atoms with van der Waals surface area (Å²) in [5.74, 6) is -0.603. The molecule has 1 heterocycles. The summed E-state index contributed by atoms with van der Waals surface area (Å²) in [6, 6.07) is 0. The number of ether oxygens (including phenoxy) is 1. The van der Waals surface area contributed by atoms with Crippen LogP contribution in [0.25, 0.3) is 0 Å². The first-order chi connectivity index (χ1) is 9.49. The minimum atomic E-state index is -3.51. The fourth-order valence-corrected chi connectivity index (χ4v) is 3.43. The zero-order chi connectivity index (χ0) is 14.6. The Labute approximate surface area is 119 Å². The molecule has 2 N–H and O–H groups in total. The molecular formula is C12H22N2O5S. The first-order valence-electron chi connectivity index (χ1n) is 7.04. The van der Waals surface area contributed by atoms with E-state index in [0.717, 1.165) is 0 Å².